The van der Waals surface area contributed by atoms with Crippen molar-refractivity contribution in [2.45, 2.75) is 28.5 Å². The Morgan fingerprint density at radius 3 is 1.95 bits per heavy atom. The molecule has 2 N–H and O–H groups in total. The second-order valence-electron chi connectivity index (χ2n) is 10.8. The number of halogens is 7. The van der Waals surface area contributed by atoms with Crippen LogP contribution in [0.4, 0.5) is 27.6 Å². The second-order valence-corrected chi connectivity index (χ2v) is 12.1. The first kappa shape index (κ1) is 30.1. The molecule has 0 aromatic heterocycles. The molecule has 6 unspecified atom stereocenters. The SMILES string of the molecule is COc1cc(O)cc(OC)c1C1C2=CCC3C(=O)NC(=O)C3C2CC2(Cl)C(=O)N(c3c(F)c(F)c(F)c(F)c3F)C(=O)C12Cl. The van der Waals surface area contributed by atoms with E-state index in [-0.39, 0.29) is 39.7 Å². The molecule has 2 aromatic carbocycles. The predicted molar refractivity (Wildman–Crippen MR) is 141 cm³/mol. The lowest BCUT2D eigenvalue weighted by Crippen LogP contribution is -2.60. The van der Waals surface area contributed by atoms with Crippen molar-refractivity contribution in [3.8, 4) is 17.2 Å². The van der Waals surface area contributed by atoms with E-state index in [1.54, 1.807) is 0 Å². The Morgan fingerprint density at radius 2 is 1.41 bits per heavy atom. The van der Waals surface area contributed by atoms with Gasteiger partial charge < -0.3 is 14.6 Å². The van der Waals surface area contributed by atoms with Gasteiger partial charge in [0.25, 0.3) is 11.8 Å². The number of phenolic OH excluding ortho intramolecular Hbond substituents is 1. The standard InChI is InChI=1S/C28H19Cl2F5N2O7/c1-43-12-5-8(38)6-13(44-2)15(12)16-9-3-4-10-14(24(40)36-23(10)39)11(9)7-27(29)25(41)37(26(42)28(16,27)30)22-20(34)18(32)17(31)19(33)21(22)35/h3,5-6,10-11,14,16,38H,4,7H2,1-2H3,(H,36,39,40). The van der Waals surface area contributed by atoms with Gasteiger partial charge in [0.1, 0.15) is 22.9 Å². The zero-order valence-electron chi connectivity index (χ0n) is 22.4. The van der Waals surface area contributed by atoms with Gasteiger partial charge in [-0.25, -0.2) is 26.9 Å². The molecule has 0 spiro atoms. The smallest absolute Gasteiger partial charge is 0.258 e. The van der Waals surface area contributed by atoms with Crippen molar-refractivity contribution < 1.29 is 55.7 Å². The van der Waals surface area contributed by atoms with E-state index in [1.807, 2.05) is 0 Å². The van der Waals surface area contributed by atoms with E-state index in [2.05, 4.69) is 5.32 Å². The Bertz CT molecular complexity index is 1700. The van der Waals surface area contributed by atoms with Crippen LogP contribution in [-0.2, 0) is 19.2 Å². The lowest BCUT2D eigenvalue weighted by Gasteiger charge is -2.51. The number of phenols is 1. The van der Waals surface area contributed by atoms with Crippen LogP contribution in [0.5, 0.6) is 17.2 Å². The highest BCUT2D eigenvalue weighted by molar-refractivity contribution is 6.58. The molecular weight excluding hydrogens is 642 g/mol. The molecule has 2 heterocycles. The number of nitrogens with zero attached hydrogens (tertiary/aromatic N) is 1. The van der Waals surface area contributed by atoms with Gasteiger partial charge in [-0.05, 0) is 18.8 Å². The van der Waals surface area contributed by atoms with Crippen LogP contribution in [0.25, 0.3) is 0 Å². The lowest BCUT2D eigenvalue weighted by molar-refractivity contribution is -0.127. The number of allylic oxidation sites excluding steroid dienone is 2. The Kier molecular flexibility index (Phi) is 6.71. The third-order valence-electron chi connectivity index (χ3n) is 8.88. The van der Waals surface area contributed by atoms with Crippen molar-refractivity contribution in [2.24, 2.45) is 17.8 Å². The molecule has 2 aromatic rings. The number of anilines is 1. The average Bonchev–Trinajstić information content (AvgIpc) is 3.36. The van der Waals surface area contributed by atoms with Gasteiger partial charge in [0.15, 0.2) is 33.0 Å². The number of nitrogens with one attached hydrogen (secondary N) is 1. The summed E-state index contributed by atoms with van der Waals surface area (Å²) >= 11 is 14.1. The fourth-order valence-corrected chi connectivity index (χ4v) is 7.92. The van der Waals surface area contributed by atoms with Crippen molar-refractivity contribution in [2.75, 3.05) is 19.1 Å². The molecule has 3 fully saturated rings. The minimum Gasteiger partial charge on any atom is -0.508 e. The molecule has 16 heteroatoms. The highest BCUT2D eigenvalue weighted by atomic mass is 35.5. The van der Waals surface area contributed by atoms with Crippen LogP contribution in [0.15, 0.2) is 23.8 Å². The number of rotatable bonds is 4. The van der Waals surface area contributed by atoms with Crippen LogP contribution in [0.2, 0.25) is 0 Å². The highest BCUT2D eigenvalue weighted by Gasteiger charge is 2.77. The minimum absolute atomic E-state index is 0.0287. The summed E-state index contributed by atoms with van der Waals surface area (Å²) in [6.07, 6.45) is 0.834. The second kappa shape index (κ2) is 9.80. The molecule has 4 amide bonds. The number of amides is 4. The molecule has 232 valence electrons. The van der Waals surface area contributed by atoms with Gasteiger partial charge in [-0.15, -0.1) is 23.2 Å². The predicted octanol–water partition coefficient (Wildman–Crippen LogP) is 3.96. The molecular formula is C28H19Cl2F5N2O7. The van der Waals surface area contributed by atoms with Gasteiger partial charge in [0.2, 0.25) is 17.6 Å². The summed E-state index contributed by atoms with van der Waals surface area (Å²) < 4.78 is 83.5. The number of ether oxygens (including phenoxy) is 2. The summed E-state index contributed by atoms with van der Waals surface area (Å²) in [6.45, 7) is 0. The van der Waals surface area contributed by atoms with Crippen molar-refractivity contribution in [1.82, 2.24) is 5.32 Å². The first-order chi connectivity index (χ1) is 20.6. The Balaban J connectivity index is 1.67. The Hall–Kier alpha value is -3.91. The highest BCUT2D eigenvalue weighted by Crippen LogP contribution is 2.67. The normalized spacial score (nSPS) is 30.9. The maximum Gasteiger partial charge on any atom is 0.258 e. The first-order valence-corrected chi connectivity index (χ1v) is 13.7. The summed E-state index contributed by atoms with van der Waals surface area (Å²) in [5.74, 6) is -22.4. The zero-order valence-corrected chi connectivity index (χ0v) is 24.0. The van der Waals surface area contributed by atoms with E-state index in [1.165, 1.54) is 20.3 Å². The number of carbonyl (C=O) groups is 4. The van der Waals surface area contributed by atoms with Crippen molar-refractivity contribution >= 4 is 52.5 Å². The summed E-state index contributed by atoms with van der Waals surface area (Å²) in [5.41, 5.74) is -1.78. The average molecular weight is 661 g/mol. The molecule has 2 aliphatic heterocycles. The van der Waals surface area contributed by atoms with E-state index >= 15 is 8.78 Å². The van der Waals surface area contributed by atoms with E-state index < -0.39 is 98.2 Å². The van der Waals surface area contributed by atoms with E-state index in [4.69, 9.17) is 32.7 Å². The van der Waals surface area contributed by atoms with Gasteiger partial charge in [-0.1, -0.05) is 11.6 Å². The summed E-state index contributed by atoms with van der Waals surface area (Å²) in [7, 11) is 2.37. The number of hydrogen-bond acceptors (Lipinski definition) is 7. The van der Waals surface area contributed by atoms with Gasteiger partial charge in [0, 0.05) is 23.6 Å². The zero-order chi connectivity index (χ0) is 32.2. The maximum atomic E-state index is 15.1. The monoisotopic (exact) mass is 660 g/mol. The quantitative estimate of drug-likeness (QED) is 0.127. The molecule has 1 saturated carbocycles. The third-order valence-corrected chi connectivity index (χ3v) is 10.3. The van der Waals surface area contributed by atoms with Crippen molar-refractivity contribution in [3.63, 3.8) is 0 Å². The maximum absolute atomic E-state index is 15.1. The van der Waals surface area contributed by atoms with Crippen LogP contribution >= 0.6 is 23.2 Å². The largest absolute Gasteiger partial charge is 0.508 e. The van der Waals surface area contributed by atoms with E-state index in [9.17, 15) is 37.5 Å². The van der Waals surface area contributed by atoms with Crippen LogP contribution < -0.4 is 19.7 Å². The molecule has 2 aliphatic carbocycles. The molecule has 9 nitrogen and oxygen atoms in total. The number of alkyl halides is 2. The van der Waals surface area contributed by atoms with Crippen LogP contribution in [0, 0.1) is 46.8 Å². The molecule has 4 aliphatic rings. The summed E-state index contributed by atoms with van der Waals surface area (Å²) in [6, 6.07) is 2.22. The Labute approximate surface area is 254 Å². The van der Waals surface area contributed by atoms with Crippen LogP contribution in [0.1, 0.15) is 24.3 Å². The fourth-order valence-electron chi connectivity index (χ4n) is 7.00. The van der Waals surface area contributed by atoms with Crippen LogP contribution in [0.3, 0.4) is 0 Å². The van der Waals surface area contributed by atoms with Crippen molar-refractivity contribution in [1.29, 1.82) is 0 Å². The molecule has 0 radical (unpaired) electrons. The number of imide groups is 2. The van der Waals surface area contributed by atoms with Gasteiger partial charge in [0.05, 0.1) is 26.1 Å². The van der Waals surface area contributed by atoms with E-state index in [0.29, 0.717) is 0 Å². The lowest BCUT2D eigenvalue weighted by atomic mass is 9.56. The summed E-state index contributed by atoms with van der Waals surface area (Å²) in [4.78, 5) is 48.2. The molecule has 6 atom stereocenters. The number of fused-ring (bicyclic) bond motifs is 4. The first-order valence-electron chi connectivity index (χ1n) is 12.9. The van der Waals surface area contributed by atoms with Gasteiger partial charge >= 0.3 is 0 Å². The third kappa shape index (κ3) is 3.57. The number of aromatic hydroxyl groups is 1. The Morgan fingerprint density at radius 1 is 0.864 bits per heavy atom. The number of carbonyl (C=O) groups excluding carboxylic acids is 4. The fraction of sp³-hybridized carbons (Fsp3) is 0.357. The molecule has 2 saturated heterocycles. The van der Waals surface area contributed by atoms with Gasteiger partial charge in [-0.3, -0.25) is 24.5 Å². The number of methoxy groups -OCH3 is 2. The number of hydrogen-bond donors (Lipinski definition) is 2. The number of benzene rings is 2. The molecule has 6 rings (SSSR count). The van der Waals surface area contributed by atoms with Crippen LogP contribution in [-0.4, -0.2) is 52.7 Å². The van der Waals surface area contributed by atoms with Gasteiger partial charge in [-0.2, -0.15) is 0 Å². The summed E-state index contributed by atoms with van der Waals surface area (Å²) in [5, 5.41) is 12.5. The topological polar surface area (TPSA) is 122 Å². The minimum atomic E-state index is -2.77. The van der Waals surface area contributed by atoms with E-state index in [0.717, 1.165) is 12.1 Å². The molecule has 44 heavy (non-hydrogen) atoms. The van der Waals surface area contributed by atoms with Crippen molar-refractivity contribution in [3.05, 3.63) is 58.4 Å². The molecule has 0 bridgehead atoms.